The molecule has 2 aromatic rings. The van der Waals surface area contributed by atoms with Gasteiger partial charge >= 0.3 is 5.97 Å². The fraction of sp³-hybridized carbons (Fsp3) is 0.381. The van der Waals surface area contributed by atoms with E-state index in [4.69, 9.17) is 20.8 Å². The number of amides is 2. The van der Waals surface area contributed by atoms with Crippen LogP contribution in [0.3, 0.4) is 0 Å². The van der Waals surface area contributed by atoms with Crippen LogP contribution < -0.4 is 5.32 Å². The molecule has 0 radical (unpaired) electrons. The molecule has 2 amide bonds. The molecule has 2 heterocycles. The van der Waals surface area contributed by atoms with Crippen molar-refractivity contribution >= 4 is 29.4 Å². The number of esters is 1. The monoisotopic (exact) mass is 433 g/mol. The van der Waals surface area contributed by atoms with Crippen LogP contribution in [0.25, 0.3) is 0 Å². The predicted molar refractivity (Wildman–Crippen MR) is 110 cm³/mol. The number of carbonyl (C=O) groups excluding carboxylic acids is 3. The molecule has 1 aromatic heterocycles. The van der Waals surface area contributed by atoms with E-state index < -0.39 is 18.0 Å². The summed E-state index contributed by atoms with van der Waals surface area (Å²) in [7, 11) is 1.35. The zero-order valence-corrected chi connectivity index (χ0v) is 17.6. The number of furan rings is 1. The first-order chi connectivity index (χ1) is 14.4. The van der Waals surface area contributed by atoms with E-state index >= 15 is 0 Å². The number of benzene rings is 1. The molecule has 1 fully saturated rings. The summed E-state index contributed by atoms with van der Waals surface area (Å²) in [6, 6.07) is 8.96. The van der Waals surface area contributed by atoms with E-state index in [9.17, 15) is 14.4 Å². The number of methoxy groups -OCH3 is 1. The van der Waals surface area contributed by atoms with Crippen LogP contribution in [0.15, 0.2) is 47.1 Å². The van der Waals surface area contributed by atoms with E-state index in [0.29, 0.717) is 31.2 Å². The average Bonchev–Trinajstić information content (AvgIpc) is 3.29. The van der Waals surface area contributed by atoms with Gasteiger partial charge in [0.25, 0.3) is 5.91 Å². The lowest BCUT2D eigenvalue weighted by molar-refractivity contribution is -0.148. The van der Waals surface area contributed by atoms with Gasteiger partial charge in [-0.15, -0.1) is 0 Å². The Morgan fingerprint density at radius 2 is 1.87 bits per heavy atom. The van der Waals surface area contributed by atoms with Crippen molar-refractivity contribution in [3.63, 3.8) is 0 Å². The van der Waals surface area contributed by atoms with Gasteiger partial charge in [-0.3, -0.25) is 14.5 Å². The molecule has 30 heavy (non-hydrogen) atoms. The Balaban J connectivity index is 1.61. The molecular weight excluding hydrogens is 410 g/mol. The molecule has 2 atom stereocenters. The molecule has 8 nitrogen and oxygen atoms in total. The Kier molecular flexibility index (Phi) is 7.12. The second-order valence-corrected chi connectivity index (χ2v) is 7.45. The van der Waals surface area contributed by atoms with Crippen molar-refractivity contribution in [2.45, 2.75) is 19.0 Å². The molecule has 1 aliphatic rings. The maximum absolute atomic E-state index is 12.7. The van der Waals surface area contributed by atoms with Crippen molar-refractivity contribution in [2.24, 2.45) is 0 Å². The standard InChI is InChI=1S/C21H24ClN3O5/c1-14(23-19(26)17-7-4-12-30-17)20(27)25-10-8-24(9-11-25)18(21(28)29-2)15-5-3-6-16(22)13-15/h3-7,12-14,18H,8-11H2,1-2H3,(H,23,26)/t14-,18-/m1/s1. The van der Waals surface area contributed by atoms with Crippen molar-refractivity contribution in [1.82, 2.24) is 15.1 Å². The van der Waals surface area contributed by atoms with Gasteiger partial charge in [-0.05, 0) is 36.8 Å². The van der Waals surface area contributed by atoms with E-state index in [1.165, 1.54) is 19.4 Å². The largest absolute Gasteiger partial charge is 0.468 e. The van der Waals surface area contributed by atoms with E-state index in [1.807, 2.05) is 11.0 Å². The van der Waals surface area contributed by atoms with Crippen LogP contribution in [-0.4, -0.2) is 66.9 Å². The third-order valence-corrected chi connectivity index (χ3v) is 5.28. The maximum Gasteiger partial charge on any atom is 0.327 e. The summed E-state index contributed by atoms with van der Waals surface area (Å²) in [5.41, 5.74) is 0.744. The Bertz CT molecular complexity index is 894. The molecule has 0 spiro atoms. The van der Waals surface area contributed by atoms with Gasteiger partial charge in [-0.2, -0.15) is 0 Å². The number of hydrogen-bond acceptors (Lipinski definition) is 6. The number of halogens is 1. The van der Waals surface area contributed by atoms with Crippen LogP contribution >= 0.6 is 11.6 Å². The number of carbonyl (C=O) groups is 3. The molecule has 1 saturated heterocycles. The van der Waals surface area contributed by atoms with Crippen molar-refractivity contribution in [1.29, 1.82) is 0 Å². The number of ether oxygens (including phenoxy) is 1. The fourth-order valence-corrected chi connectivity index (χ4v) is 3.69. The molecule has 0 aliphatic carbocycles. The van der Waals surface area contributed by atoms with Gasteiger partial charge in [0, 0.05) is 31.2 Å². The molecule has 1 N–H and O–H groups in total. The van der Waals surface area contributed by atoms with E-state index in [1.54, 1.807) is 36.1 Å². The summed E-state index contributed by atoms with van der Waals surface area (Å²) in [6.07, 6.45) is 1.40. The molecule has 1 aromatic carbocycles. The topological polar surface area (TPSA) is 92.1 Å². The van der Waals surface area contributed by atoms with E-state index in [2.05, 4.69) is 5.32 Å². The third-order valence-electron chi connectivity index (χ3n) is 5.04. The van der Waals surface area contributed by atoms with Crippen LogP contribution in [0.1, 0.15) is 29.1 Å². The highest BCUT2D eigenvalue weighted by molar-refractivity contribution is 6.30. The van der Waals surface area contributed by atoms with Gasteiger partial charge in [-0.25, -0.2) is 4.79 Å². The van der Waals surface area contributed by atoms with Crippen LogP contribution in [0.2, 0.25) is 5.02 Å². The highest BCUT2D eigenvalue weighted by atomic mass is 35.5. The molecule has 1 aliphatic heterocycles. The highest BCUT2D eigenvalue weighted by Gasteiger charge is 2.33. The van der Waals surface area contributed by atoms with Crippen LogP contribution in [0, 0.1) is 0 Å². The van der Waals surface area contributed by atoms with Crippen LogP contribution in [0.5, 0.6) is 0 Å². The van der Waals surface area contributed by atoms with E-state index in [0.717, 1.165) is 5.56 Å². The lowest BCUT2D eigenvalue weighted by Crippen LogP contribution is -2.55. The third kappa shape index (κ3) is 5.01. The van der Waals surface area contributed by atoms with Gasteiger partial charge in [0.15, 0.2) is 5.76 Å². The predicted octanol–water partition coefficient (Wildman–Crippen LogP) is 2.11. The number of nitrogens with one attached hydrogen (secondary N) is 1. The van der Waals surface area contributed by atoms with Crippen molar-refractivity contribution < 1.29 is 23.5 Å². The first-order valence-electron chi connectivity index (χ1n) is 9.61. The number of nitrogens with zero attached hydrogens (tertiary/aromatic N) is 2. The van der Waals surface area contributed by atoms with Crippen molar-refractivity contribution in [3.05, 3.63) is 59.0 Å². The van der Waals surface area contributed by atoms with Crippen molar-refractivity contribution in [2.75, 3.05) is 33.3 Å². The highest BCUT2D eigenvalue weighted by Crippen LogP contribution is 2.26. The number of piperazine rings is 1. The minimum Gasteiger partial charge on any atom is -0.468 e. The minimum absolute atomic E-state index is 0.155. The summed E-state index contributed by atoms with van der Waals surface area (Å²) in [6.45, 7) is 3.45. The Labute approximate surface area is 179 Å². The minimum atomic E-state index is -0.696. The normalized spacial score (nSPS) is 16.6. The van der Waals surface area contributed by atoms with Gasteiger partial charge < -0.3 is 19.4 Å². The summed E-state index contributed by atoms with van der Waals surface area (Å²) in [5, 5.41) is 3.18. The van der Waals surface area contributed by atoms with Crippen molar-refractivity contribution in [3.8, 4) is 0 Å². The lowest BCUT2D eigenvalue weighted by Gasteiger charge is -2.39. The zero-order valence-electron chi connectivity index (χ0n) is 16.8. The first kappa shape index (κ1) is 21.9. The Morgan fingerprint density at radius 3 is 2.47 bits per heavy atom. The van der Waals surface area contributed by atoms with E-state index in [-0.39, 0.29) is 17.6 Å². The molecule has 0 saturated carbocycles. The fourth-order valence-electron chi connectivity index (χ4n) is 3.50. The molecule has 9 heteroatoms. The molecular formula is C21H24ClN3O5. The van der Waals surface area contributed by atoms with Gasteiger partial charge in [0.2, 0.25) is 5.91 Å². The number of hydrogen-bond donors (Lipinski definition) is 1. The van der Waals surface area contributed by atoms with Crippen LogP contribution in [-0.2, 0) is 14.3 Å². The molecule has 160 valence electrons. The first-order valence-corrected chi connectivity index (χ1v) is 9.99. The Morgan fingerprint density at radius 1 is 1.13 bits per heavy atom. The smallest absolute Gasteiger partial charge is 0.327 e. The average molecular weight is 434 g/mol. The van der Waals surface area contributed by atoms with Gasteiger partial charge in [-0.1, -0.05) is 23.7 Å². The second kappa shape index (κ2) is 9.77. The lowest BCUT2D eigenvalue weighted by atomic mass is 10.0. The summed E-state index contributed by atoms with van der Waals surface area (Å²) < 4.78 is 10.0. The summed E-state index contributed by atoms with van der Waals surface area (Å²) in [4.78, 5) is 40.9. The summed E-state index contributed by atoms with van der Waals surface area (Å²) in [5.74, 6) is -0.851. The van der Waals surface area contributed by atoms with Gasteiger partial charge in [0.1, 0.15) is 12.1 Å². The SMILES string of the molecule is COC(=O)[C@@H](c1cccc(Cl)c1)N1CCN(C(=O)[C@@H](C)NC(=O)c2ccco2)CC1. The molecule has 0 unspecified atom stereocenters. The summed E-state index contributed by atoms with van der Waals surface area (Å²) >= 11 is 6.09. The quantitative estimate of drug-likeness (QED) is 0.701. The Hall–Kier alpha value is -2.84. The maximum atomic E-state index is 12.7. The van der Waals surface area contributed by atoms with Gasteiger partial charge in [0.05, 0.1) is 13.4 Å². The van der Waals surface area contributed by atoms with Crippen LogP contribution in [0.4, 0.5) is 0 Å². The zero-order chi connectivity index (χ0) is 21.7. The molecule has 0 bridgehead atoms. The molecule has 3 rings (SSSR count). The second-order valence-electron chi connectivity index (χ2n) is 7.01. The number of rotatable bonds is 6.